The molecular formula is C11H16OS2. The molecule has 0 amide bonds. The first-order chi connectivity index (χ1) is 6.54. The predicted octanol–water partition coefficient (Wildman–Crippen LogP) is 3.76. The van der Waals surface area contributed by atoms with Gasteiger partial charge in [0.25, 0.3) is 0 Å². The lowest BCUT2D eigenvalue weighted by molar-refractivity contribution is 0.462. The lowest BCUT2D eigenvalue weighted by Crippen LogP contribution is -1.93. The van der Waals surface area contributed by atoms with Crippen LogP contribution in [0.3, 0.4) is 0 Å². The maximum Gasteiger partial charge on any atom is 0.123 e. The number of benzene rings is 1. The Morgan fingerprint density at radius 1 is 0.786 bits per heavy atom. The van der Waals surface area contributed by atoms with Gasteiger partial charge in [-0.25, -0.2) is 0 Å². The van der Waals surface area contributed by atoms with Crippen LogP contribution in [0.25, 0.3) is 0 Å². The fraction of sp³-hybridized carbons (Fsp3) is 0.455. The molecule has 1 aromatic carbocycles. The van der Waals surface area contributed by atoms with Crippen LogP contribution in [-0.4, -0.2) is 17.6 Å². The van der Waals surface area contributed by atoms with Crippen LogP contribution in [0.1, 0.15) is 16.7 Å². The first-order valence-corrected chi connectivity index (χ1v) is 6.90. The van der Waals surface area contributed by atoms with E-state index in [1.165, 1.54) is 15.4 Å². The molecule has 0 aliphatic heterocycles. The van der Waals surface area contributed by atoms with Crippen LogP contribution in [-0.2, 0) is 0 Å². The zero-order valence-electron chi connectivity index (χ0n) is 9.26. The van der Waals surface area contributed by atoms with Crippen molar-refractivity contribution >= 4 is 23.5 Å². The third-order valence-corrected chi connectivity index (χ3v) is 4.52. The van der Waals surface area contributed by atoms with Crippen LogP contribution in [0, 0.1) is 20.8 Å². The van der Waals surface area contributed by atoms with Crippen LogP contribution < -0.4 is 0 Å². The summed E-state index contributed by atoms with van der Waals surface area (Å²) >= 11 is 3.40. The van der Waals surface area contributed by atoms with E-state index in [0.29, 0.717) is 5.75 Å². The number of aromatic hydroxyl groups is 1. The summed E-state index contributed by atoms with van der Waals surface area (Å²) in [6, 6.07) is 0. The number of hydrogen-bond donors (Lipinski definition) is 1. The Bertz CT molecular complexity index is 328. The Hall–Kier alpha value is -0.280. The van der Waals surface area contributed by atoms with Gasteiger partial charge in [0.2, 0.25) is 0 Å². The molecule has 0 atom stereocenters. The van der Waals surface area contributed by atoms with E-state index in [1.807, 2.05) is 26.4 Å². The second kappa shape index (κ2) is 4.49. The summed E-state index contributed by atoms with van der Waals surface area (Å²) in [5.41, 5.74) is 3.30. The Labute approximate surface area is 94.3 Å². The number of phenols is 1. The molecule has 3 heteroatoms. The topological polar surface area (TPSA) is 20.2 Å². The van der Waals surface area contributed by atoms with Gasteiger partial charge in [-0.05, 0) is 38.8 Å². The van der Waals surface area contributed by atoms with E-state index in [1.54, 1.807) is 23.5 Å². The van der Waals surface area contributed by atoms with E-state index < -0.39 is 0 Å². The van der Waals surface area contributed by atoms with E-state index >= 15 is 0 Å². The van der Waals surface area contributed by atoms with Crippen molar-refractivity contribution in [2.75, 3.05) is 12.5 Å². The van der Waals surface area contributed by atoms with Gasteiger partial charge in [-0.2, -0.15) is 0 Å². The molecular weight excluding hydrogens is 212 g/mol. The highest BCUT2D eigenvalue weighted by Crippen LogP contribution is 2.40. The van der Waals surface area contributed by atoms with Gasteiger partial charge in [-0.1, -0.05) is 0 Å². The maximum absolute atomic E-state index is 9.93. The fourth-order valence-corrected chi connectivity index (χ4v) is 3.46. The van der Waals surface area contributed by atoms with Crippen LogP contribution in [0.4, 0.5) is 0 Å². The van der Waals surface area contributed by atoms with Crippen molar-refractivity contribution in [2.45, 2.75) is 30.6 Å². The summed E-state index contributed by atoms with van der Waals surface area (Å²) in [4.78, 5) is 2.41. The zero-order chi connectivity index (χ0) is 10.9. The molecule has 0 spiro atoms. The van der Waals surface area contributed by atoms with Crippen molar-refractivity contribution in [1.82, 2.24) is 0 Å². The lowest BCUT2D eigenvalue weighted by atomic mass is 10.1. The molecule has 0 radical (unpaired) electrons. The van der Waals surface area contributed by atoms with Gasteiger partial charge in [0, 0.05) is 20.9 Å². The van der Waals surface area contributed by atoms with Crippen LogP contribution in [0.5, 0.6) is 5.75 Å². The smallest absolute Gasteiger partial charge is 0.123 e. The van der Waals surface area contributed by atoms with Gasteiger partial charge in [0.05, 0.1) is 0 Å². The largest absolute Gasteiger partial charge is 0.507 e. The first kappa shape index (κ1) is 11.8. The van der Waals surface area contributed by atoms with Gasteiger partial charge in [0.1, 0.15) is 5.75 Å². The number of thioether (sulfide) groups is 2. The Morgan fingerprint density at radius 3 is 1.43 bits per heavy atom. The molecule has 1 nitrogen and oxygen atoms in total. The molecule has 0 bridgehead atoms. The van der Waals surface area contributed by atoms with E-state index in [2.05, 4.69) is 6.92 Å². The Balaban J connectivity index is 3.56. The standard InChI is InChI=1S/C11H16OS2/c1-6-9(12)7(2)11(14-5)8(3)10(6)13-4/h12H,1-5H3. The average molecular weight is 228 g/mol. The molecule has 1 N–H and O–H groups in total. The minimum atomic E-state index is 0.448. The molecule has 0 aromatic heterocycles. The first-order valence-electron chi connectivity index (χ1n) is 4.45. The van der Waals surface area contributed by atoms with Crippen molar-refractivity contribution in [3.8, 4) is 5.75 Å². The monoisotopic (exact) mass is 228 g/mol. The Kier molecular flexibility index (Phi) is 3.78. The van der Waals surface area contributed by atoms with Crippen LogP contribution in [0.2, 0.25) is 0 Å². The average Bonchev–Trinajstić information content (AvgIpc) is 2.16. The zero-order valence-corrected chi connectivity index (χ0v) is 10.9. The third kappa shape index (κ3) is 1.75. The minimum Gasteiger partial charge on any atom is -0.507 e. The summed E-state index contributed by atoms with van der Waals surface area (Å²) in [6.45, 7) is 6.08. The predicted molar refractivity (Wildman–Crippen MR) is 65.9 cm³/mol. The van der Waals surface area contributed by atoms with E-state index in [-0.39, 0.29) is 0 Å². The molecule has 0 aliphatic rings. The number of phenolic OH excluding ortho intramolecular Hbond substituents is 1. The van der Waals surface area contributed by atoms with Crippen molar-refractivity contribution in [1.29, 1.82) is 0 Å². The van der Waals surface area contributed by atoms with Crippen LogP contribution in [0.15, 0.2) is 9.79 Å². The normalized spacial score (nSPS) is 10.6. The van der Waals surface area contributed by atoms with Crippen molar-refractivity contribution in [2.24, 2.45) is 0 Å². The van der Waals surface area contributed by atoms with Gasteiger partial charge in [-0.15, -0.1) is 23.5 Å². The highest BCUT2D eigenvalue weighted by Gasteiger charge is 2.14. The van der Waals surface area contributed by atoms with Crippen molar-refractivity contribution in [3.63, 3.8) is 0 Å². The fourth-order valence-electron chi connectivity index (χ4n) is 1.77. The molecule has 0 saturated heterocycles. The molecule has 0 saturated carbocycles. The Morgan fingerprint density at radius 2 is 1.14 bits per heavy atom. The highest BCUT2D eigenvalue weighted by atomic mass is 32.2. The van der Waals surface area contributed by atoms with Crippen molar-refractivity contribution in [3.05, 3.63) is 16.7 Å². The van der Waals surface area contributed by atoms with Crippen LogP contribution >= 0.6 is 23.5 Å². The van der Waals surface area contributed by atoms with Gasteiger partial charge in [0.15, 0.2) is 0 Å². The van der Waals surface area contributed by atoms with Gasteiger partial charge < -0.3 is 5.11 Å². The van der Waals surface area contributed by atoms with Gasteiger partial charge >= 0.3 is 0 Å². The minimum absolute atomic E-state index is 0.448. The maximum atomic E-state index is 9.93. The molecule has 0 unspecified atom stereocenters. The molecule has 1 rings (SSSR count). The quantitative estimate of drug-likeness (QED) is 0.778. The summed E-state index contributed by atoms with van der Waals surface area (Å²) in [5.74, 6) is 0.448. The second-order valence-electron chi connectivity index (χ2n) is 3.29. The third-order valence-electron chi connectivity index (χ3n) is 2.48. The highest BCUT2D eigenvalue weighted by molar-refractivity contribution is 7.99. The molecule has 0 fully saturated rings. The summed E-state index contributed by atoms with van der Waals surface area (Å²) < 4.78 is 0. The SMILES string of the molecule is CSc1c(C)c(O)c(C)c(SC)c1C. The van der Waals surface area contributed by atoms with Crippen molar-refractivity contribution < 1.29 is 5.11 Å². The van der Waals surface area contributed by atoms with E-state index in [0.717, 1.165) is 11.1 Å². The number of hydrogen-bond acceptors (Lipinski definition) is 3. The van der Waals surface area contributed by atoms with E-state index in [4.69, 9.17) is 0 Å². The molecule has 1 aromatic rings. The lowest BCUT2D eigenvalue weighted by Gasteiger charge is -2.16. The van der Waals surface area contributed by atoms with E-state index in [9.17, 15) is 5.11 Å². The second-order valence-corrected chi connectivity index (χ2v) is 4.92. The van der Waals surface area contributed by atoms with Gasteiger partial charge in [-0.3, -0.25) is 0 Å². The molecule has 14 heavy (non-hydrogen) atoms. The molecule has 0 heterocycles. The molecule has 0 aliphatic carbocycles. The summed E-state index contributed by atoms with van der Waals surface area (Å²) in [6.07, 6.45) is 4.10. The number of rotatable bonds is 2. The summed E-state index contributed by atoms with van der Waals surface area (Å²) in [7, 11) is 0. The summed E-state index contributed by atoms with van der Waals surface area (Å²) in [5, 5.41) is 9.93. The molecule has 78 valence electrons.